The van der Waals surface area contributed by atoms with E-state index in [1.807, 2.05) is 6.07 Å². The summed E-state index contributed by atoms with van der Waals surface area (Å²) in [5, 5.41) is 16.2. The zero-order valence-electron chi connectivity index (χ0n) is 26.7. The van der Waals surface area contributed by atoms with Crippen molar-refractivity contribution in [3.63, 3.8) is 0 Å². The van der Waals surface area contributed by atoms with Crippen LogP contribution in [0.15, 0.2) is 65.6 Å². The molecule has 0 saturated carbocycles. The van der Waals surface area contributed by atoms with Crippen LogP contribution in [0.4, 0.5) is 18.0 Å². The van der Waals surface area contributed by atoms with Crippen LogP contribution in [0.3, 0.4) is 0 Å². The molecule has 2 aromatic carbocycles. The highest BCUT2D eigenvalue weighted by molar-refractivity contribution is 5.89. The third kappa shape index (κ3) is 6.57. The maximum atomic E-state index is 14.0. The molecule has 0 aliphatic carbocycles. The molecule has 1 atom stereocenters. The minimum Gasteiger partial charge on any atom is -0.340 e. The number of alkyl halides is 3. The number of halogens is 3. The normalized spacial score (nSPS) is 14.9. The van der Waals surface area contributed by atoms with E-state index in [-0.39, 0.29) is 28.7 Å². The Balaban J connectivity index is 1.56. The number of carbonyl (C=O) groups excluding carboxylic acids is 2. The summed E-state index contributed by atoms with van der Waals surface area (Å²) in [6.07, 6.45) is -1.61. The Morgan fingerprint density at radius 2 is 1.70 bits per heavy atom. The van der Waals surface area contributed by atoms with E-state index in [9.17, 15) is 32.8 Å². The van der Waals surface area contributed by atoms with Gasteiger partial charge in [0.15, 0.2) is 0 Å². The highest BCUT2D eigenvalue weighted by atomic mass is 19.4. The Morgan fingerprint density at radius 1 is 1.04 bits per heavy atom. The van der Waals surface area contributed by atoms with Gasteiger partial charge in [0.05, 0.1) is 73.3 Å². The molecule has 2 aromatic heterocycles. The Hall–Kier alpha value is -5.16. The Morgan fingerprint density at radius 3 is 2.30 bits per heavy atom. The lowest BCUT2D eigenvalue weighted by molar-refractivity contribution is -0.897. The minimum atomic E-state index is -4.67. The maximum absolute atomic E-state index is 14.0. The van der Waals surface area contributed by atoms with Crippen molar-refractivity contribution in [3.8, 4) is 28.8 Å². The lowest BCUT2D eigenvalue weighted by atomic mass is 10.0. The molecule has 1 N–H and O–H groups in total. The van der Waals surface area contributed by atoms with Crippen LogP contribution >= 0.6 is 0 Å². The molecule has 0 unspecified atom stereocenters. The second kappa shape index (κ2) is 12.6. The molecule has 14 heteroatoms. The van der Waals surface area contributed by atoms with E-state index in [0.717, 1.165) is 38.6 Å². The number of likely N-dealkylation sites (tertiary alicyclic amines) is 1. The first-order chi connectivity index (χ1) is 22.1. The van der Waals surface area contributed by atoms with Crippen molar-refractivity contribution in [2.24, 2.45) is 0 Å². The van der Waals surface area contributed by atoms with Gasteiger partial charge in [-0.3, -0.25) is 9.36 Å². The monoisotopic (exact) mass is 649 g/mol. The summed E-state index contributed by atoms with van der Waals surface area (Å²) in [5.74, 6) is -0.301. The van der Waals surface area contributed by atoms with Crippen molar-refractivity contribution < 1.29 is 27.2 Å². The summed E-state index contributed by atoms with van der Waals surface area (Å²) < 4.78 is 45.0. The van der Waals surface area contributed by atoms with Gasteiger partial charge in [0.1, 0.15) is 11.7 Å². The number of imidazole rings is 1. The third-order valence-corrected chi connectivity index (χ3v) is 8.63. The maximum Gasteiger partial charge on any atom is 0.416 e. The Bertz CT molecular complexity index is 1900. The number of hydrogen-bond acceptors (Lipinski definition) is 5. The summed E-state index contributed by atoms with van der Waals surface area (Å²) in [5.41, 5.74) is -0.547. The predicted molar refractivity (Wildman–Crippen MR) is 168 cm³/mol. The fourth-order valence-electron chi connectivity index (χ4n) is 6.03. The molecular weight excluding hydrogens is 613 g/mol. The van der Waals surface area contributed by atoms with Gasteiger partial charge in [0.25, 0.3) is 0 Å². The molecule has 1 saturated heterocycles. The number of rotatable bonds is 6. The molecule has 1 aliphatic rings. The van der Waals surface area contributed by atoms with E-state index in [1.54, 1.807) is 35.2 Å². The molecule has 246 valence electrons. The minimum absolute atomic E-state index is 0.0650. The SMILES string of the molecule is Cc1c(-c2ccnn2-c2ccc(C#N)cc2)n(C(=O)N[C@@H](C)C(=O)N2CCC([N+](C)(C)C)CC2)c(=O)n1-c1cccc(C(F)(F)F)c1. The van der Waals surface area contributed by atoms with E-state index >= 15 is 0 Å². The number of nitrogens with one attached hydrogen (secondary N) is 1. The number of benzene rings is 2. The molecule has 2 amide bonds. The van der Waals surface area contributed by atoms with E-state index in [4.69, 9.17) is 0 Å². The van der Waals surface area contributed by atoms with Crippen molar-refractivity contribution >= 4 is 11.9 Å². The zero-order valence-corrected chi connectivity index (χ0v) is 26.7. The molecule has 5 rings (SSSR count). The fourth-order valence-corrected chi connectivity index (χ4v) is 6.03. The average molecular weight is 650 g/mol. The van der Waals surface area contributed by atoms with Crippen LogP contribution in [-0.2, 0) is 11.0 Å². The van der Waals surface area contributed by atoms with Gasteiger partial charge in [-0.1, -0.05) is 6.07 Å². The molecule has 4 aromatic rings. The van der Waals surface area contributed by atoms with Gasteiger partial charge in [-0.2, -0.15) is 23.5 Å². The van der Waals surface area contributed by atoms with Crippen LogP contribution in [-0.4, -0.2) is 86.6 Å². The van der Waals surface area contributed by atoms with Crippen LogP contribution in [0, 0.1) is 18.3 Å². The standard InChI is InChI=1S/C33H35F3N8O3/c1-21(30(45)40-17-14-27(15-18-40)44(3,4)5)39-31(46)42-29(28-13-16-38-43(28)25-11-9-23(20-37)10-12-25)22(2)41(32(42)47)26-8-6-7-24(19-26)33(34,35)36/h6-13,16,19,21,27H,14-15,17-18H2,1-5H3/p+1/t21-/m0/s1. The molecule has 1 aliphatic heterocycles. The quantitative estimate of drug-likeness (QED) is 0.312. The van der Waals surface area contributed by atoms with Crippen molar-refractivity contribution in [2.45, 2.75) is 44.9 Å². The molecule has 1 fully saturated rings. The molecular formula is C33H36F3N8O3+. The number of hydrogen-bond donors (Lipinski definition) is 1. The molecule has 11 nitrogen and oxygen atoms in total. The van der Waals surface area contributed by atoms with Crippen molar-refractivity contribution in [1.82, 2.24) is 29.1 Å². The number of carbonyl (C=O) groups is 2. The van der Waals surface area contributed by atoms with Gasteiger partial charge < -0.3 is 14.7 Å². The summed E-state index contributed by atoms with van der Waals surface area (Å²) in [6.45, 7) is 4.11. The van der Waals surface area contributed by atoms with Crippen molar-refractivity contribution in [3.05, 3.63) is 88.1 Å². The van der Waals surface area contributed by atoms with Crippen LogP contribution in [0.25, 0.3) is 22.8 Å². The van der Waals surface area contributed by atoms with Gasteiger partial charge in [-0.05, 0) is 62.4 Å². The van der Waals surface area contributed by atoms with Crippen LogP contribution in [0.2, 0.25) is 0 Å². The lowest BCUT2D eigenvalue weighted by Gasteiger charge is -2.40. The van der Waals surface area contributed by atoms with Crippen molar-refractivity contribution in [1.29, 1.82) is 5.26 Å². The number of nitriles is 1. The Kier molecular flexibility index (Phi) is 8.87. The van der Waals surface area contributed by atoms with Crippen molar-refractivity contribution in [2.75, 3.05) is 34.2 Å². The largest absolute Gasteiger partial charge is 0.416 e. The van der Waals surface area contributed by atoms with Gasteiger partial charge in [-0.15, -0.1) is 0 Å². The first-order valence-electron chi connectivity index (χ1n) is 15.1. The van der Waals surface area contributed by atoms with Crippen LogP contribution < -0.4 is 11.0 Å². The fraction of sp³-hybridized carbons (Fsp3) is 0.364. The van der Waals surface area contributed by atoms with Gasteiger partial charge in [0.2, 0.25) is 5.91 Å². The van der Waals surface area contributed by atoms with Gasteiger partial charge >= 0.3 is 17.9 Å². The van der Waals surface area contributed by atoms with Crippen LogP contribution in [0.1, 0.15) is 36.6 Å². The highest BCUT2D eigenvalue weighted by Gasteiger charge is 2.35. The molecule has 47 heavy (non-hydrogen) atoms. The summed E-state index contributed by atoms with van der Waals surface area (Å²) in [7, 11) is 6.34. The van der Waals surface area contributed by atoms with E-state index in [0.29, 0.717) is 30.4 Å². The second-order valence-electron chi connectivity index (χ2n) is 12.6. The first-order valence-corrected chi connectivity index (χ1v) is 15.1. The molecule has 0 spiro atoms. The summed E-state index contributed by atoms with van der Waals surface area (Å²) in [4.78, 5) is 43.1. The molecule has 3 heterocycles. The summed E-state index contributed by atoms with van der Waals surface area (Å²) in [6, 6.07) is 12.8. The topological polar surface area (TPSA) is 118 Å². The Labute approximate surface area is 269 Å². The number of aromatic nitrogens is 4. The predicted octanol–water partition coefficient (Wildman–Crippen LogP) is 4.33. The zero-order chi connectivity index (χ0) is 34.3. The molecule has 0 bridgehead atoms. The van der Waals surface area contributed by atoms with Gasteiger partial charge in [0, 0.05) is 25.9 Å². The number of nitrogens with zero attached hydrogens (tertiary/aromatic N) is 7. The average Bonchev–Trinajstić information content (AvgIpc) is 3.61. The number of quaternary nitrogens is 1. The highest BCUT2D eigenvalue weighted by Crippen LogP contribution is 2.32. The van der Waals surface area contributed by atoms with E-state index < -0.39 is 29.5 Å². The van der Waals surface area contributed by atoms with Crippen LogP contribution in [0.5, 0.6) is 0 Å². The number of piperidine rings is 1. The lowest BCUT2D eigenvalue weighted by Crippen LogP contribution is -2.55. The summed E-state index contributed by atoms with van der Waals surface area (Å²) >= 11 is 0. The molecule has 0 radical (unpaired) electrons. The second-order valence-corrected chi connectivity index (χ2v) is 12.6. The smallest absolute Gasteiger partial charge is 0.340 e. The third-order valence-electron chi connectivity index (χ3n) is 8.63. The van der Waals surface area contributed by atoms with Gasteiger partial charge in [-0.25, -0.2) is 18.8 Å². The number of amides is 2. The first kappa shape index (κ1) is 33.2. The van der Waals surface area contributed by atoms with E-state index in [1.165, 1.54) is 36.9 Å². The van der Waals surface area contributed by atoms with E-state index in [2.05, 4.69) is 31.6 Å².